The SMILES string of the molecule is CCCC[C@H]1O[C@@]1(F)CCCC. The highest BCUT2D eigenvalue weighted by molar-refractivity contribution is 4.92. The maximum atomic E-state index is 13.5. The Morgan fingerprint density at radius 2 is 1.92 bits per heavy atom. The van der Waals surface area contributed by atoms with Gasteiger partial charge in [0.2, 0.25) is 5.85 Å². The van der Waals surface area contributed by atoms with E-state index in [0.29, 0.717) is 6.42 Å². The van der Waals surface area contributed by atoms with Crippen molar-refractivity contribution in [2.24, 2.45) is 0 Å². The zero-order chi connectivity index (χ0) is 9.03. The number of alkyl halides is 1. The molecule has 0 N–H and O–H groups in total. The Balaban J connectivity index is 2.10. The van der Waals surface area contributed by atoms with Crippen molar-refractivity contribution in [2.75, 3.05) is 0 Å². The van der Waals surface area contributed by atoms with Crippen molar-refractivity contribution < 1.29 is 9.13 Å². The first-order chi connectivity index (χ1) is 5.73. The molecule has 0 saturated carbocycles. The van der Waals surface area contributed by atoms with Gasteiger partial charge in [0, 0.05) is 6.42 Å². The summed E-state index contributed by atoms with van der Waals surface area (Å²) in [6.07, 6.45) is 5.62. The molecule has 1 aliphatic rings. The van der Waals surface area contributed by atoms with E-state index in [-0.39, 0.29) is 6.10 Å². The third-order valence-corrected chi connectivity index (χ3v) is 2.45. The van der Waals surface area contributed by atoms with Crippen molar-refractivity contribution in [3.05, 3.63) is 0 Å². The van der Waals surface area contributed by atoms with Crippen LogP contribution < -0.4 is 0 Å². The fraction of sp³-hybridized carbons (Fsp3) is 1.00. The highest BCUT2D eigenvalue weighted by atomic mass is 19.2. The van der Waals surface area contributed by atoms with Crippen LogP contribution in [0.4, 0.5) is 4.39 Å². The summed E-state index contributed by atoms with van der Waals surface area (Å²) in [6.45, 7) is 4.20. The molecule has 1 aliphatic heterocycles. The van der Waals surface area contributed by atoms with E-state index < -0.39 is 5.85 Å². The number of ether oxygens (including phenoxy) is 1. The molecule has 0 radical (unpaired) electrons. The fourth-order valence-corrected chi connectivity index (χ4v) is 1.50. The lowest BCUT2D eigenvalue weighted by Gasteiger charge is -2.00. The van der Waals surface area contributed by atoms with Gasteiger partial charge in [0.25, 0.3) is 0 Å². The van der Waals surface area contributed by atoms with E-state index in [4.69, 9.17) is 4.74 Å². The van der Waals surface area contributed by atoms with E-state index in [1.54, 1.807) is 0 Å². The zero-order valence-electron chi connectivity index (χ0n) is 8.11. The molecule has 1 saturated heterocycles. The van der Waals surface area contributed by atoms with Crippen LogP contribution in [0, 0.1) is 0 Å². The maximum Gasteiger partial charge on any atom is 0.236 e. The molecule has 1 rings (SSSR count). The van der Waals surface area contributed by atoms with E-state index >= 15 is 0 Å². The van der Waals surface area contributed by atoms with Crippen molar-refractivity contribution in [2.45, 2.75) is 64.3 Å². The van der Waals surface area contributed by atoms with Gasteiger partial charge in [0.1, 0.15) is 6.10 Å². The van der Waals surface area contributed by atoms with Gasteiger partial charge in [-0.25, -0.2) is 4.39 Å². The third kappa shape index (κ3) is 2.44. The van der Waals surface area contributed by atoms with Crippen molar-refractivity contribution in [3.63, 3.8) is 0 Å². The Morgan fingerprint density at radius 3 is 2.50 bits per heavy atom. The van der Waals surface area contributed by atoms with E-state index in [1.165, 1.54) is 0 Å². The molecule has 2 atom stereocenters. The quantitative estimate of drug-likeness (QED) is 0.562. The largest absolute Gasteiger partial charge is 0.334 e. The lowest BCUT2D eigenvalue weighted by Crippen LogP contribution is -2.07. The van der Waals surface area contributed by atoms with Crippen LogP contribution >= 0.6 is 0 Å². The lowest BCUT2D eigenvalue weighted by atomic mass is 10.1. The van der Waals surface area contributed by atoms with Gasteiger partial charge in [-0.1, -0.05) is 33.1 Å². The highest BCUT2D eigenvalue weighted by Gasteiger charge is 2.56. The second-order valence-corrected chi connectivity index (χ2v) is 3.64. The maximum absolute atomic E-state index is 13.5. The lowest BCUT2D eigenvalue weighted by molar-refractivity contribution is 0.127. The van der Waals surface area contributed by atoms with Crippen LogP contribution in [0.25, 0.3) is 0 Å². The molecule has 0 aliphatic carbocycles. The summed E-state index contributed by atoms with van der Waals surface area (Å²) >= 11 is 0. The summed E-state index contributed by atoms with van der Waals surface area (Å²) in [5, 5.41) is 0. The minimum Gasteiger partial charge on any atom is -0.334 e. The fourth-order valence-electron chi connectivity index (χ4n) is 1.50. The number of hydrogen-bond donors (Lipinski definition) is 0. The highest BCUT2D eigenvalue weighted by Crippen LogP contribution is 2.44. The molecule has 0 aromatic rings. The van der Waals surface area contributed by atoms with Crippen LogP contribution in [-0.4, -0.2) is 12.0 Å². The van der Waals surface area contributed by atoms with Crippen LogP contribution in [-0.2, 0) is 4.74 Å². The summed E-state index contributed by atoms with van der Waals surface area (Å²) in [7, 11) is 0. The molecule has 1 fully saturated rings. The summed E-state index contributed by atoms with van der Waals surface area (Å²) in [5.74, 6) is -1.23. The zero-order valence-corrected chi connectivity index (χ0v) is 8.11. The Kier molecular flexibility index (Phi) is 3.51. The second-order valence-electron chi connectivity index (χ2n) is 3.64. The van der Waals surface area contributed by atoms with Gasteiger partial charge >= 0.3 is 0 Å². The first kappa shape index (κ1) is 9.97. The number of unbranched alkanes of at least 4 members (excludes halogenated alkanes) is 2. The number of hydrogen-bond acceptors (Lipinski definition) is 1. The molecule has 0 amide bonds. The van der Waals surface area contributed by atoms with Crippen LogP contribution in [0.5, 0.6) is 0 Å². The summed E-state index contributed by atoms with van der Waals surface area (Å²) < 4.78 is 18.5. The second kappa shape index (κ2) is 4.22. The van der Waals surface area contributed by atoms with E-state index in [2.05, 4.69) is 13.8 Å². The Labute approximate surface area is 74.3 Å². The van der Waals surface area contributed by atoms with E-state index in [1.807, 2.05) is 0 Å². The topological polar surface area (TPSA) is 12.5 Å². The molecular formula is C10H19FO. The Hall–Kier alpha value is -0.110. The average Bonchev–Trinajstić information content (AvgIpc) is 2.71. The molecule has 0 unspecified atom stereocenters. The average molecular weight is 174 g/mol. The predicted molar refractivity (Wildman–Crippen MR) is 47.8 cm³/mol. The van der Waals surface area contributed by atoms with E-state index in [0.717, 1.165) is 32.1 Å². The van der Waals surface area contributed by atoms with Gasteiger partial charge in [0.05, 0.1) is 0 Å². The molecule has 1 heterocycles. The summed E-state index contributed by atoms with van der Waals surface area (Å²) in [6, 6.07) is 0. The number of rotatable bonds is 6. The third-order valence-electron chi connectivity index (χ3n) is 2.45. The normalized spacial score (nSPS) is 33.8. The first-order valence-electron chi connectivity index (χ1n) is 5.09. The van der Waals surface area contributed by atoms with Crippen LogP contribution in [0.3, 0.4) is 0 Å². The first-order valence-corrected chi connectivity index (χ1v) is 5.09. The number of halogens is 1. The van der Waals surface area contributed by atoms with Crippen molar-refractivity contribution in [3.8, 4) is 0 Å². The summed E-state index contributed by atoms with van der Waals surface area (Å²) in [5.41, 5.74) is 0. The molecule has 0 aromatic carbocycles. The van der Waals surface area contributed by atoms with Crippen LogP contribution in [0.1, 0.15) is 52.4 Å². The van der Waals surface area contributed by atoms with Gasteiger partial charge in [-0.3, -0.25) is 0 Å². The van der Waals surface area contributed by atoms with Crippen molar-refractivity contribution >= 4 is 0 Å². The van der Waals surface area contributed by atoms with Gasteiger partial charge in [-0.15, -0.1) is 0 Å². The van der Waals surface area contributed by atoms with Gasteiger partial charge in [0.15, 0.2) is 0 Å². The van der Waals surface area contributed by atoms with Crippen molar-refractivity contribution in [1.29, 1.82) is 0 Å². The smallest absolute Gasteiger partial charge is 0.236 e. The minimum atomic E-state index is -1.23. The Bertz CT molecular complexity index is 138. The molecule has 2 heteroatoms. The standard InChI is InChI=1S/C10H19FO/c1-3-5-7-9-10(11,12-9)8-6-4-2/h9H,3-8H2,1-2H3/t9-,10+/m1/s1. The monoisotopic (exact) mass is 174 g/mol. The molecule has 0 bridgehead atoms. The molecular weight excluding hydrogens is 155 g/mol. The Morgan fingerprint density at radius 1 is 1.25 bits per heavy atom. The van der Waals surface area contributed by atoms with Gasteiger partial charge in [-0.2, -0.15) is 0 Å². The molecule has 0 aromatic heterocycles. The van der Waals surface area contributed by atoms with Gasteiger partial charge < -0.3 is 4.74 Å². The molecule has 72 valence electrons. The van der Waals surface area contributed by atoms with Gasteiger partial charge in [-0.05, 0) is 12.8 Å². The molecule has 0 spiro atoms. The van der Waals surface area contributed by atoms with E-state index in [9.17, 15) is 4.39 Å². The minimum absolute atomic E-state index is 0.0796. The predicted octanol–water partition coefficient (Wildman–Crippen LogP) is 3.43. The van der Waals surface area contributed by atoms with Crippen LogP contribution in [0.2, 0.25) is 0 Å². The van der Waals surface area contributed by atoms with Crippen LogP contribution in [0.15, 0.2) is 0 Å². The van der Waals surface area contributed by atoms with Crippen molar-refractivity contribution in [1.82, 2.24) is 0 Å². The molecule has 1 nitrogen and oxygen atoms in total. The summed E-state index contributed by atoms with van der Waals surface area (Å²) in [4.78, 5) is 0. The number of epoxide rings is 1. The molecule has 12 heavy (non-hydrogen) atoms.